The number of aromatic nitrogens is 3. The topological polar surface area (TPSA) is 142 Å². The van der Waals surface area contributed by atoms with Crippen molar-refractivity contribution in [3.63, 3.8) is 0 Å². The number of H-pyrrole nitrogens is 1. The number of benzene rings is 1. The number of nitrogens with one attached hydrogen (secondary N) is 2. The van der Waals surface area contributed by atoms with Crippen LogP contribution in [0.4, 0.5) is 11.5 Å². The second kappa shape index (κ2) is 9.33. The monoisotopic (exact) mass is 512 g/mol. The molecule has 0 saturated carbocycles. The maximum absolute atomic E-state index is 13.2. The van der Waals surface area contributed by atoms with E-state index >= 15 is 0 Å². The summed E-state index contributed by atoms with van der Waals surface area (Å²) in [7, 11) is -3.68. The Bertz CT molecular complexity index is 1470. The van der Waals surface area contributed by atoms with Gasteiger partial charge in [-0.05, 0) is 50.6 Å². The number of morpholine rings is 1. The summed E-state index contributed by atoms with van der Waals surface area (Å²) >= 11 is 0. The molecule has 2 saturated heterocycles. The summed E-state index contributed by atoms with van der Waals surface area (Å²) in [5.74, 6) is 0.0308. The first-order chi connectivity index (χ1) is 17.2. The van der Waals surface area contributed by atoms with Gasteiger partial charge in [0.25, 0.3) is 5.56 Å². The number of anilines is 2. The van der Waals surface area contributed by atoms with E-state index in [2.05, 4.69) is 21.5 Å². The molecule has 36 heavy (non-hydrogen) atoms. The van der Waals surface area contributed by atoms with Gasteiger partial charge in [-0.25, -0.2) is 8.42 Å². The van der Waals surface area contributed by atoms with Crippen molar-refractivity contribution in [1.29, 1.82) is 5.26 Å². The van der Waals surface area contributed by atoms with Crippen molar-refractivity contribution in [2.45, 2.75) is 36.8 Å². The van der Waals surface area contributed by atoms with E-state index in [1.165, 1.54) is 16.4 Å². The van der Waals surface area contributed by atoms with E-state index in [-0.39, 0.29) is 29.0 Å². The molecule has 2 aliphatic rings. The van der Waals surface area contributed by atoms with Crippen LogP contribution in [0.15, 0.2) is 46.2 Å². The molecule has 2 N–H and O–H groups in total. The average molecular weight is 513 g/mol. The van der Waals surface area contributed by atoms with Gasteiger partial charge in [-0.2, -0.15) is 14.7 Å². The maximum Gasteiger partial charge on any atom is 0.261 e. The number of ether oxygens (including phenoxy) is 2. The van der Waals surface area contributed by atoms with E-state index in [4.69, 9.17) is 9.47 Å². The Morgan fingerprint density at radius 1 is 1.22 bits per heavy atom. The van der Waals surface area contributed by atoms with E-state index < -0.39 is 15.6 Å². The van der Waals surface area contributed by atoms with Gasteiger partial charge in [0.1, 0.15) is 5.39 Å². The molecule has 0 amide bonds. The van der Waals surface area contributed by atoms with Crippen molar-refractivity contribution >= 4 is 32.4 Å². The van der Waals surface area contributed by atoms with Crippen LogP contribution < -0.4 is 10.9 Å². The summed E-state index contributed by atoms with van der Waals surface area (Å²) in [5.41, 5.74) is 0.294. The fourth-order valence-electron chi connectivity index (χ4n) is 4.73. The highest BCUT2D eigenvalue weighted by Gasteiger charge is 2.35. The number of hydrogen-bond donors (Lipinski definition) is 2. The Morgan fingerprint density at radius 3 is 2.72 bits per heavy atom. The van der Waals surface area contributed by atoms with Crippen LogP contribution in [0.25, 0.3) is 10.9 Å². The van der Waals surface area contributed by atoms with Gasteiger partial charge in [0, 0.05) is 31.6 Å². The molecule has 12 heteroatoms. The standard InChI is InChI=1S/C24H28N6O5S/c1-24(2)15-29(10-12-35-24)36(32,33)18-5-3-17(4-6-18)27-22-21-19(7-9-26-23(21)31)30(28-22)20-14-34-11-8-16(20)13-25/h3-7,9,16,20H,8,10-12,14-15H2,1-2H3,(H,26,31)(H,27,28). The molecule has 0 radical (unpaired) electrons. The lowest BCUT2D eigenvalue weighted by molar-refractivity contribution is -0.0640. The van der Waals surface area contributed by atoms with Crippen molar-refractivity contribution in [3.8, 4) is 6.07 Å². The van der Waals surface area contributed by atoms with E-state index in [0.717, 1.165) is 0 Å². The van der Waals surface area contributed by atoms with Crippen LogP contribution in [-0.2, 0) is 19.5 Å². The van der Waals surface area contributed by atoms with Crippen molar-refractivity contribution < 1.29 is 17.9 Å². The number of aromatic amines is 1. The van der Waals surface area contributed by atoms with E-state index in [1.54, 1.807) is 29.1 Å². The summed E-state index contributed by atoms with van der Waals surface area (Å²) in [6, 6.07) is 10.1. The third-order valence-electron chi connectivity index (χ3n) is 6.58. The van der Waals surface area contributed by atoms with Gasteiger partial charge < -0.3 is 19.8 Å². The first-order valence-electron chi connectivity index (χ1n) is 11.8. The van der Waals surface area contributed by atoms with Gasteiger partial charge in [-0.1, -0.05) is 0 Å². The van der Waals surface area contributed by atoms with Crippen molar-refractivity contribution in [3.05, 3.63) is 46.9 Å². The quantitative estimate of drug-likeness (QED) is 0.531. The number of rotatable bonds is 5. The molecule has 2 atom stereocenters. The van der Waals surface area contributed by atoms with E-state index in [1.807, 2.05) is 13.8 Å². The lowest BCUT2D eigenvalue weighted by Gasteiger charge is -2.37. The first kappa shape index (κ1) is 24.5. The van der Waals surface area contributed by atoms with Crippen LogP contribution in [0.2, 0.25) is 0 Å². The molecular weight excluding hydrogens is 484 g/mol. The van der Waals surface area contributed by atoms with E-state index in [0.29, 0.717) is 55.2 Å². The van der Waals surface area contributed by atoms with Crippen LogP contribution in [0, 0.1) is 17.2 Å². The zero-order valence-corrected chi connectivity index (χ0v) is 20.9. The second-order valence-corrected chi connectivity index (χ2v) is 11.6. The number of sulfonamides is 1. The van der Waals surface area contributed by atoms with Gasteiger partial charge in [-0.3, -0.25) is 9.48 Å². The molecule has 2 unspecified atom stereocenters. The molecule has 11 nitrogen and oxygen atoms in total. The van der Waals surface area contributed by atoms with Crippen molar-refractivity contribution in [1.82, 2.24) is 19.1 Å². The smallest absolute Gasteiger partial charge is 0.261 e. The molecule has 4 heterocycles. The second-order valence-electron chi connectivity index (χ2n) is 9.62. The predicted molar refractivity (Wildman–Crippen MR) is 132 cm³/mol. The average Bonchev–Trinajstić information content (AvgIpc) is 3.23. The Morgan fingerprint density at radius 2 is 2.00 bits per heavy atom. The fourth-order valence-corrected chi connectivity index (χ4v) is 6.30. The molecule has 2 aromatic heterocycles. The van der Waals surface area contributed by atoms with Crippen LogP contribution in [-0.4, -0.2) is 66.0 Å². The minimum Gasteiger partial charge on any atom is -0.379 e. The third kappa shape index (κ3) is 4.51. The largest absolute Gasteiger partial charge is 0.379 e. The SMILES string of the molecule is CC1(C)CN(S(=O)(=O)c2ccc(Nc3nn(C4COCCC4C#N)c4cc[nH]c(=O)c34)cc2)CCO1. The van der Waals surface area contributed by atoms with Gasteiger partial charge in [-0.15, -0.1) is 0 Å². The fraction of sp³-hybridized carbons (Fsp3) is 0.458. The third-order valence-corrected chi connectivity index (χ3v) is 8.44. The summed E-state index contributed by atoms with van der Waals surface area (Å²) in [5, 5.41) is 17.8. The predicted octanol–water partition coefficient (Wildman–Crippen LogP) is 2.37. The van der Waals surface area contributed by atoms with Gasteiger partial charge >= 0.3 is 0 Å². The molecule has 0 spiro atoms. The zero-order chi connectivity index (χ0) is 25.5. The lowest BCUT2D eigenvalue weighted by Crippen LogP contribution is -2.50. The highest BCUT2D eigenvalue weighted by Crippen LogP contribution is 2.32. The normalized spacial score (nSPS) is 22.8. The first-order valence-corrected chi connectivity index (χ1v) is 13.2. The molecule has 2 aliphatic heterocycles. The number of fused-ring (bicyclic) bond motifs is 1. The Balaban J connectivity index is 1.44. The molecule has 1 aromatic carbocycles. The van der Waals surface area contributed by atoms with Crippen LogP contribution in [0.1, 0.15) is 26.3 Å². The Kier molecular flexibility index (Phi) is 6.34. The summed E-state index contributed by atoms with van der Waals surface area (Å²) in [6.45, 7) is 5.48. The summed E-state index contributed by atoms with van der Waals surface area (Å²) in [4.78, 5) is 15.6. The number of hydrogen-bond acceptors (Lipinski definition) is 8. The number of nitrogens with zero attached hydrogens (tertiary/aromatic N) is 4. The van der Waals surface area contributed by atoms with Gasteiger partial charge in [0.05, 0.1) is 47.3 Å². The molecule has 190 valence electrons. The molecular formula is C24H28N6O5S. The molecule has 0 bridgehead atoms. The molecule has 0 aliphatic carbocycles. The molecule has 3 aromatic rings. The lowest BCUT2D eigenvalue weighted by atomic mass is 9.96. The molecule has 5 rings (SSSR count). The number of nitriles is 1. The Labute approximate surface area is 208 Å². The van der Waals surface area contributed by atoms with Gasteiger partial charge in [0.2, 0.25) is 10.0 Å². The van der Waals surface area contributed by atoms with Crippen LogP contribution in [0.3, 0.4) is 0 Å². The highest BCUT2D eigenvalue weighted by molar-refractivity contribution is 7.89. The zero-order valence-electron chi connectivity index (χ0n) is 20.1. The molecule has 2 fully saturated rings. The summed E-state index contributed by atoms with van der Waals surface area (Å²) < 4.78 is 40.7. The van der Waals surface area contributed by atoms with Crippen LogP contribution in [0.5, 0.6) is 0 Å². The summed E-state index contributed by atoms with van der Waals surface area (Å²) in [6.07, 6.45) is 2.13. The van der Waals surface area contributed by atoms with E-state index in [9.17, 15) is 18.5 Å². The van der Waals surface area contributed by atoms with Crippen molar-refractivity contribution in [2.75, 3.05) is 38.2 Å². The maximum atomic E-state index is 13.2. The highest BCUT2D eigenvalue weighted by atomic mass is 32.2. The Hall–Kier alpha value is -3.24. The number of pyridine rings is 1. The van der Waals surface area contributed by atoms with Crippen LogP contribution >= 0.6 is 0 Å². The minimum atomic E-state index is -3.68. The van der Waals surface area contributed by atoms with Gasteiger partial charge in [0.15, 0.2) is 5.82 Å². The minimum absolute atomic E-state index is 0.176. The van der Waals surface area contributed by atoms with Crippen molar-refractivity contribution in [2.24, 2.45) is 5.92 Å².